The molecular weight excluding hydrogens is 639 g/mol. The molecule has 1 unspecified atom stereocenters. The highest BCUT2D eigenvalue weighted by Crippen LogP contribution is 2.56. The fourth-order valence-corrected chi connectivity index (χ4v) is 9.87. The standard InChI is InChI=1S/C28H28F7N3O4S2/c1-17(2)18-3-7-21(8-4-18)44(41,42)25-11-12-38(24(39)36-37-13-14-43(40)16-37)23(25)10-5-19-15-20(6-9-22(19)25)26(29,27(30,31)32)28(33,34)35/h3-4,6-9,15,23H,1,5,10-14,16H2,2H3,(H,36,39)/t23-,25-,43?/m1/s1. The Morgan fingerprint density at radius 2 is 1.66 bits per heavy atom. The second kappa shape index (κ2) is 10.8. The molecule has 240 valence electrons. The number of hydrogen-bond acceptors (Lipinski definition) is 5. The van der Waals surface area contributed by atoms with Gasteiger partial charge in [-0.05, 0) is 55.0 Å². The first-order chi connectivity index (χ1) is 20.3. The summed E-state index contributed by atoms with van der Waals surface area (Å²) in [5, 5.41) is 1.43. The van der Waals surface area contributed by atoms with Crippen molar-refractivity contribution in [2.24, 2.45) is 0 Å². The Labute approximate surface area is 251 Å². The average molecular weight is 668 g/mol. The van der Waals surface area contributed by atoms with Crippen LogP contribution in [0.5, 0.6) is 0 Å². The number of alkyl halides is 7. The van der Waals surface area contributed by atoms with Crippen LogP contribution >= 0.6 is 0 Å². The molecule has 2 aromatic rings. The third-order valence-corrected chi connectivity index (χ3v) is 12.4. The van der Waals surface area contributed by atoms with E-state index in [1.54, 1.807) is 6.92 Å². The van der Waals surface area contributed by atoms with E-state index in [0.717, 1.165) is 6.07 Å². The van der Waals surface area contributed by atoms with Gasteiger partial charge in [-0.3, -0.25) is 9.63 Å². The number of benzene rings is 2. The van der Waals surface area contributed by atoms with Gasteiger partial charge in [0, 0.05) is 35.2 Å². The second-order valence-corrected chi connectivity index (χ2v) is 14.9. The Bertz CT molecular complexity index is 1610. The number of aryl methyl sites for hydroxylation is 1. The van der Waals surface area contributed by atoms with Crippen molar-refractivity contribution in [1.29, 1.82) is 0 Å². The van der Waals surface area contributed by atoms with Crippen molar-refractivity contribution in [2.75, 3.05) is 24.7 Å². The van der Waals surface area contributed by atoms with Crippen LogP contribution in [0.15, 0.2) is 53.9 Å². The molecule has 5 rings (SSSR count). The maximum atomic E-state index is 15.0. The van der Waals surface area contributed by atoms with Crippen LogP contribution in [0, 0.1) is 0 Å². The van der Waals surface area contributed by atoms with Gasteiger partial charge in [0.25, 0.3) is 0 Å². The van der Waals surface area contributed by atoms with Crippen LogP contribution in [0.2, 0.25) is 0 Å². The van der Waals surface area contributed by atoms with Gasteiger partial charge in [-0.2, -0.15) is 26.3 Å². The molecule has 44 heavy (non-hydrogen) atoms. The van der Waals surface area contributed by atoms with Gasteiger partial charge < -0.3 is 4.90 Å². The number of carbonyl (C=O) groups excluding carboxylic acids is 1. The summed E-state index contributed by atoms with van der Waals surface area (Å²) in [6.07, 6.45) is -13.3. The zero-order valence-corrected chi connectivity index (χ0v) is 24.9. The van der Waals surface area contributed by atoms with Crippen molar-refractivity contribution in [3.05, 3.63) is 71.3 Å². The Hall–Kier alpha value is -2.98. The van der Waals surface area contributed by atoms with E-state index in [1.807, 2.05) is 0 Å². The smallest absolute Gasteiger partial charge is 0.319 e. The van der Waals surface area contributed by atoms with Gasteiger partial charge in [-0.25, -0.2) is 22.6 Å². The largest absolute Gasteiger partial charge is 0.435 e. The summed E-state index contributed by atoms with van der Waals surface area (Å²) in [5.74, 6) is 0.390. The first-order valence-electron chi connectivity index (χ1n) is 13.5. The maximum absolute atomic E-state index is 15.0. The van der Waals surface area contributed by atoms with Gasteiger partial charge in [0.05, 0.1) is 16.8 Å². The molecule has 2 aliphatic heterocycles. The van der Waals surface area contributed by atoms with E-state index in [-0.39, 0.29) is 47.7 Å². The summed E-state index contributed by atoms with van der Waals surface area (Å²) < 4.78 is 135. The number of halogens is 7. The number of urea groups is 1. The Balaban J connectivity index is 1.65. The molecule has 2 amide bonds. The minimum Gasteiger partial charge on any atom is -0.319 e. The van der Waals surface area contributed by atoms with Gasteiger partial charge in [0.2, 0.25) is 0 Å². The van der Waals surface area contributed by atoms with Crippen LogP contribution in [0.3, 0.4) is 0 Å². The highest BCUT2D eigenvalue weighted by atomic mass is 32.2. The van der Waals surface area contributed by atoms with Gasteiger partial charge in [0.15, 0.2) is 9.84 Å². The summed E-state index contributed by atoms with van der Waals surface area (Å²) >= 11 is 0. The third kappa shape index (κ3) is 4.92. The first kappa shape index (κ1) is 32.4. The molecule has 3 aliphatic rings. The molecule has 0 saturated carbocycles. The average Bonchev–Trinajstić information content (AvgIpc) is 3.55. The molecule has 0 aromatic heterocycles. The molecule has 7 nitrogen and oxygen atoms in total. The van der Waals surface area contributed by atoms with Crippen molar-refractivity contribution >= 4 is 32.2 Å². The zero-order chi connectivity index (χ0) is 32.5. The molecule has 2 heterocycles. The summed E-state index contributed by atoms with van der Waals surface area (Å²) in [7, 11) is -5.66. The number of allylic oxidation sites excluding steroid dienone is 1. The molecule has 16 heteroatoms. The molecule has 2 aromatic carbocycles. The quantitative estimate of drug-likeness (QED) is 0.435. The van der Waals surface area contributed by atoms with Crippen LogP contribution in [0.25, 0.3) is 5.57 Å². The Kier molecular flexibility index (Phi) is 7.98. The predicted molar refractivity (Wildman–Crippen MR) is 148 cm³/mol. The van der Waals surface area contributed by atoms with E-state index in [2.05, 4.69) is 12.0 Å². The number of hydrazine groups is 1. The minimum absolute atomic E-state index is 0.0672. The SMILES string of the molecule is C=C(C)c1ccc(S(=O)(=O)[C@@]23CCN(C(=O)NN4CCS(=O)C4)[C@@H]2CCc2cc(C(F)(C(F)(F)F)C(F)(F)F)ccc23)cc1. The van der Waals surface area contributed by atoms with Gasteiger partial charge in [0.1, 0.15) is 4.75 Å². The number of nitrogens with one attached hydrogen (secondary N) is 1. The number of nitrogens with zero attached hydrogens (tertiary/aromatic N) is 2. The molecule has 0 spiro atoms. The molecule has 3 atom stereocenters. The summed E-state index contributed by atoms with van der Waals surface area (Å²) in [5.41, 5.74) is -3.76. The number of carbonyl (C=O) groups is 1. The molecule has 2 fully saturated rings. The molecule has 1 N–H and O–H groups in total. The normalized spacial score (nSPS) is 24.6. The first-order valence-corrected chi connectivity index (χ1v) is 16.5. The van der Waals surface area contributed by atoms with E-state index >= 15 is 0 Å². The van der Waals surface area contributed by atoms with E-state index < -0.39 is 61.0 Å². The van der Waals surface area contributed by atoms with Crippen LogP contribution in [0.4, 0.5) is 35.5 Å². The molecular formula is C28H28F7N3O4S2. The van der Waals surface area contributed by atoms with Crippen LogP contribution < -0.4 is 5.43 Å². The fourth-order valence-electron chi connectivity index (χ4n) is 6.40. The van der Waals surface area contributed by atoms with E-state index in [1.165, 1.54) is 34.2 Å². The van der Waals surface area contributed by atoms with E-state index in [0.29, 0.717) is 35.6 Å². The lowest BCUT2D eigenvalue weighted by atomic mass is 9.77. The number of rotatable bonds is 5. The minimum atomic E-state index is -6.34. The highest BCUT2D eigenvalue weighted by Gasteiger charge is 2.74. The lowest BCUT2D eigenvalue weighted by molar-refractivity contribution is -0.348. The van der Waals surface area contributed by atoms with Gasteiger partial charge in [-0.15, -0.1) is 0 Å². The summed E-state index contributed by atoms with van der Waals surface area (Å²) in [4.78, 5) is 14.5. The van der Waals surface area contributed by atoms with Crippen molar-refractivity contribution in [3.8, 4) is 0 Å². The fraction of sp³-hybridized carbons (Fsp3) is 0.464. The number of sulfone groups is 1. The van der Waals surface area contributed by atoms with Crippen molar-refractivity contribution in [3.63, 3.8) is 0 Å². The Morgan fingerprint density at radius 3 is 2.20 bits per heavy atom. The lowest BCUT2D eigenvalue weighted by Crippen LogP contribution is -2.56. The lowest BCUT2D eigenvalue weighted by Gasteiger charge is -2.43. The van der Waals surface area contributed by atoms with E-state index in [4.69, 9.17) is 0 Å². The zero-order valence-electron chi connectivity index (χ0n) is 23.3. The maximum Gasteiger partial charge on any atom is 0.435 e. The highest BCUT2D eigenvalue weighted by molar-refractivity contribution is 7.92. The van der Waals surface area contributed by atoms with Crippen LogP contribution in [-0.4, -0.2) is 71.7 Å². The monoisotopic (exact) mass is 667 g/mol. The van der Waals surface area contributed by atoms with Crippen molar-refractivity contribution in [2.45, 2.75) is 59.9 Å². The molecule has 0 radical (unpaired) electrons. The van der Waals surface area contributed by atoms with Gasteiger partial charge in [-0.1, -0.05) is 42.5 Å². The number of hydrogen-bond donors (Lipinski definition) is 1. The molecule has 1 aliphatic carbocycles. The van der Waals surface area contributed by atoms with Crippen molar-refractivity contribution in [1.82, 2.24) is 15.3 Å². The summed E-state index contributed by atoms with van der Waals surface area (Å²) in [6.45, 7) is 5.71. The molecule has 2 saturated heterocycles. The van der Waals surface area contributed by atoms with Crippen LogP contribution in [0.1, 0.15) is 42.0 Å². The van der Waals surface area contributed by atoms with E-state index in [9.17, 15) is 48.2 Å². The number of fused-ring (bicyclic) bond motifs is 3. The Morgan fingerprint density at radius 1 is 1.02 bits per heavy atom. The number of amides is 2. The van der Waals surface area contributed by atoms with Crippen molar-refractivity contribution < 1.29 is 48.2 Å². The topological polar surface area (TPSA) is 86.8 Å². The molecule has 0 bridgehead atoms. The predicted octanol–water partition coefficient (Wildman–Crippen LogP) is 5.35. The van der Waals surface area contributed by atoms with Crippen LogP contribution in [-0.2, 0) is 37.5 Å². The summed E-state index contributed by atoms with van der Waals surface area (Å²) in [6, 6.07) is 5.53. The second-order valence-electron chi connectivity index (χ2n) is 11.2. The third-order valence-electron chi connectivity index (χ3n) is 8.61. The van der Waals surface area contributed by atoms with Gasteiger partial charge >= 0.3 is 24.1 Å². The number of likely N-dealkylation sites (tertiary alicyclic amines) is 1.